The molecule has 0 rings (SSSR count). The second-order valence-electron chi connectivity index (χ2n) is 4.34. The Kier molecular flexibility index (Phi) is 7.31. The van der Waals surface area contributed by atoms with Gasteiger partial charge in [-0.15, -0.1) is 0 Å². The van der Waals surface area contributed by atoms with Crippen molar-refractivity contribution in [3.8, 4) is 0 Å². The van der Waals surface area contributed by atoms with Gasteiger partial charge in [0.05, 0.1) is 0 Å². The molecule has 0 aromatic rings. The maximum absolute atomic E-state index is 9.72. The molecule has 0 unspecified atom stereocenters. The van der Waals surface area contributed by atoms with Crippen molar-refractivity contribution >= 4 is 9.04 Å². The smallest absolute Gasteiger partial charge is 0.349 e. The van der Waals surface area contributed by atoms with Crippen LogP contribution in [0.4, 0.5) is 0 Å². The van der Waals surface area contributed by atoms with Crippen LogP contribution < -0.4 is 0 Å². The number of rotatable bonds is 10. The molecule has 0 aromatic heterocycles. The zero-order valence-electron chi connectivity index (χ0n) is 12.0. The summed E-state index contributed by atoms with van der Waals surface area (Å²) in [4.78, 5) is 0. The predicted octanol–water partition coefficient (Wildman–Crippen LogP) is -6.98. The Balaban J connectivity index is 5.35. The molecule has 0 aromatic carbocycles. The van der Waals surface area contributed by atoms with Crippen molar-refractivity contribution in [3.05, 3.63) is 0 Å². The first-order valence-corrected chi connectivity index (χ1v) is 8.47. The topological polar surface area (TPSA) is 269 Å². The van der Waals surface area contributed by atoms with Crippen LogP contribution in [-0.4, -0.2) is 96.0 Å². The highest BCUT2D eigenvalue weighted by Crippen LogP contribution is 2.27. The number of hydrogen-bond acceptors (Lipinski definition) is 16. The van der Waals surface area contributed by atoms with Crippen LogP contribution in [0.2, 0.25) is 13.1 Å². The highest BCUT2D eigenvalue weighted by molar-refractivity contribution is 6.48. The summed E-state index contributed by atoms with van der Waals surface area (Å²) in [6.07, 6.45) is -20.9. The van der Waals surface area contributed by atoms with Crippen molar-refractivity contribution in [2.24, 2.45) is 0 Å². The summed E-state index contributed by atoms with van der Waals surface area (Å²) in [5.74, 6) is 0. The molecule has 11 N–H and O–H groups in total. The number of ether oxygens (including phenoxy) is 4. The van der Waals surface area contributed by atoms with E-state index in [4.69, 9.17) is 51.1 Å². The van der Waals surface area contributed by atoms with Gasteiger partial charge in [-0.2, -0.15) is 0 Å². The zero-order valence-corrected chi connectivity index (χ0v) is 13.2. The Morgan fingerprint density at radius 3 is 1.04 bits per heavy atom. The van der Waals surface area contributed by atoms with Crippen molar-refractivity contribution in [2.45, 2.75) is 43.9 Å². The van der Waals surface area contributed by atoms with Gasteiger partial charge in [0.15, 0.2) is 9.04 Å². The Morgan fingerprint density at radius 1 is 0.542 bits per heavy atom. The highest BCUT2D eigenvalue weighted by atomic mass is 28.3. The van der Waals surface area contributed by atoms with E-state index in [2.05, 4.69) is 23.4 Å². The number of aliphatic hydroxyl groups is 11. The fourth-order valence-corrected chi connectivity index (χ4v) is 1.79. The van der Waals surface area contributed by atoms with Gasteiger partial charge in [0.2, 0.25) is 0 Å². The van der Waals surface area contributed by atoms with Gasteiger partial charge in [0, 0.05) is 0 Å². The Morgan fingerprint density at radius 2 is 0.833 bits per heavy atom. The van der Waals surface area contributed by atoms with Crippen molar-refractivity contribution in [1.82, 2.24) is 0 Å². The molecule has 0 saturated carbocycles. The van der Waals surface area contributed by atoms with Gasteiger partial charge in [0.1, 0.15) is 0 Å². The van der Waals surface area contributed by atoms with Crippen LogP contribution in [0.3, 0.4) is 0 Å². The van der Waals surface area contributed by atoms with Crippen molar-refractivity contribution < 1.29 is 79.5 Å². The summed E-state index contributed by atoms with van der Waals surface area (Å²) >= 11 is 0. The third-order valence-corrected chi connectivity index (χ3v) is 2.22. The molecule has 0 bridgehead atoms. The molecule has 0 aliphatic carbocycles. The lowest BCUT2D eigenvalue weighted by molar-refractivity contribution is -0.688. The van der Waals surface area contributed by atoms with E-state index in [1.807, 2.05) is 0 Å². The van der Waals surface area contributed by atoms with E-state index < -0.39 is 39.8 Å². The molecule has 146 valence electrons. The third-order valence-electron chi connectivity index (χ3n) is 1.45. The van der Waals surface area contributed by atoms with Crippen LogP contribution in [0.15, 0.2) is 0 Å². The van der Waals surface area contributed by atoms with E-state index in [-0.39, 0.29) is 0 Å². The van der Waals surface area contributed by atoms with E-state index in [1.165, 1.54) is 13.1 Å². The lowest BCUT2D eigenvalue weighted by atomic mass is 10.9. The van der Waals surface area contributed by atoms with Gasteiger partial charge in [0.25, 0.3) is 0 Å². The maximum atomic E-state index is 9.72. The molecule has 16 nitrogen and oxygen atoms in total. The van der Waals surface area contributed by atoms with E-state index >= 15 is 0 Å². The average Bonchev–Trinajstić information content (AvgIpc) is 2.00. The van der Waals surface area contributed by atoms with Gasteiger partial charge < -0.3 is 60.6 Å². The van der Waals surface area contributed by atoms with Crippen molar-refractivity contribution in [1.29, 1.82) is 0 Å². The molecular weight excluding hydrogens is 368 g/mol. The summed E-state index contributed by atoms with van der Waals surface area (Å²) < 4.78 is 18.7. The molecule has 0 fully saturated rings. The molecule has 0 radical (unpaired) electrons. The monoisotopic (exact) mass is 386 g/mol. The summed E-state index contributed by atoms with van der Waals surface area (Å²) in [7, 11) is -2.51. The molecular formula is C7H18O16Si. The summed E-state index contributed by atoms with van der Waals surface area (Å²) in [5, 5.41) is 96.7. The summed E-state index contributed by atoms with van der Waals surface area (Å²) in [5.41, 5.74) is 0. The minimum atomic E-state index is -4.29. The first-order chi connectivity index (χ1) is 10.2. The lowest BCUT2D eigenvalue weighted by Crippen LogP contribution is -2.59. The Labute approximate surface area is 133 Å². The third kappa shape index (κ3) is 11.2. The summed E-state index contributed by atoms with van der Waals surface area (Å²) in [6, 6.07) is 0. The molecule has 0 aliphatic heterocycles. The highest BCUT2D eigenvalue weighted by Gasteiger charge is 2.53. The van der Waals surface area contributed by atoms with Gasteiger partial charge in [-0.05, 0) is 13.1 Å². The van der Waals surface area contributed by atoms with Crippen LogP contribution in [0.25, 0.3) is 0 Å². The van der Waals surface area contributed by atoms with E-state index in [9.17, 15) is 5.11 Å². The fraction of sp³-hybridized carbons (Fsp3) is 1.00. The standard InChI is InChI=1S/C7H18O16Si/c1-24(2)23-7(18,21-5(14,15)19-3(8,9)10)22-6(16,17)20-4(11,12)13/h8-18,24H,1-2H3. The van der Waals surface area contributed by atoms with Gasteiger partial charge >= 0.3 is 30.8 Å². The molecule has 0 atom stereocenters. The van der Waals surface area contributed by atoms with E-state index in [0.29, 0.717) is 0 Å². The Hall–Kier alpha value is -0.423. The zero-order chi connectivity index (χ0) is 19.6. The van der Waals surface area contributed by atoms with Crippen LogP contribution in [-0.2, 0) is 23.4 Å². The van der Waals surface area contributed by atoms with Gasteiger partial charge in [-0.1, -0.05) is 0 Å². The van der Waals surface area contributed by atoms with Crippen LogP contribution in [0, 0.1) is 0 Å². The normalized spacial score (nSPS) is 15.2. The van der Waals surface area contributed by atoms with Gasteiger partial charge in [-0.3, -0.25) is 0 Å². The lowest BCUT2D eigenvalue weighted by Gasteiger charge is -2.37. The SMILES string of the molecule is C[SiH](C)OC(O)(OC(O)(O)OC(O)(O)O)OC(O)(O)OC(O)(O)O. The maximum Gasteiger partial charge on any atom is 0.419 e. The second-order valence-corrected chi connectivity index (χ2v) is 6.68. The van der Waals surface area contributed by atoms with Crippen LogP contribution in [0.5, 0.6) is 0 Å². The summed E-state index contributed by atoms with van der Waals surface area (Å²) in [6.45, 7) is 2.57. The minimum absolute atomic E-state index is 1.29. The molecule has 0 amide bonds. The number of hydrogen-bond donors (Lipinski definition) is 11. The largest absolute Gasteiger partial charge is 0.419 e. The molecule has 0 aliphatic rings. The van der Waals surface area contributed by atoms with Crippen molar-refractivity contribution in [2.75, 3.05) is 0 Å². The minimum Gasteiger partial charge on any atom is -0.349 e. The average molecular weight is 386 g/mol. The van der Waals surface area contributed by atoms with E-state index in [1.54, 1.807) is 0 Å². The first kappa shape index (κ1) is 23.6. The predicted molar refractivity (Wildman–Crippen MR) is 62.4 cm³/mol. The molecule has 0 spiro atoms. The van der Waals surface area contributed by atoms with Crippen molar-refractivity contribution in [3.63, 3.8) is 0 Å². The van der Waals surface area contributed by atoms with E-state index in [0.717, 1.165) is 0 Å². The molecule has 24 heavy (non-hydrogen) atoms. The quantitative estimate of drug-likeness (QED) is 0.123. The molecule has 0 heterocycles. The van der Waals surface area contributed by atoms with Crippen LogP contribution >= 0.6 is 0 Å². The Bertz CT molecular complexity index is 364. The molecule has 17 heteroatoms. The first-order valence-electron chi connectivity index (χ1n) is 5.69. The second kappa shape index (κ2) is 7.44. The molecule has 0 saturated heterocycles. The van der Waals surface area contributed by atoms with Gasteiger partial charge in [-0.25, -0.2) is 18.9 Å². The van der Waals surface area contributed by atoms with Crippen LogP contribution in [0.1, 0.15) is 0 Å². The fourth-order valence-electron chi connectivity index (χ4n) is 1.10.